The van der Waals surface area contributed by atoms with E-state index in [-0.39, 0.29) is 5.91 Å². The lowest BCUT2D eigenvalue weighted by Gasteiger charge is -2.21. The second-order valence-corrected chi connectivity index (χ2v) is 4.98. The van der Waals surface area contributed by atoms with Crippen molar-refractivity contribution in [3.63, 3.8) is 0 Å². The van der Waals surface area contributed by atoms with Crippen molar-refractivity contribution >= 4 is 5.91 Å². The molecule has 1 aromatic rings. The molecule has 0 spiro atoms. The molecule has 1 aliphatic carbocycles. The van der Waals surface area contributed by atoms with Crippen LogP contribution in [0.25, 0.3) is 0 Å². The molecule has 0 atom stereocenters. The van der Waals surface area contributed by atoms with Crippen molar-refractivity contribution in [2.45, 2.75) is 52.1 Å². The van der Waals surface area contributed by atoms with Crippen LogP contribution in [0.2, 0.25) is 0 Å². The van der Waals surface area contributed by atoms with Crippen LogP contribution < -0.4 is 0 Å². The number of nitrogens with zero attached hydrogens (tertiary/aromatic N) is 3. The molecule has 1 aromatic heterocycles. The molecule has 2 rings (SSSR count). The Labute approximate surface area is 103 Å². The average Bonchev–Trinajstić information content (AvgIpc) is 2.98. The zero-order chi connectivity index (χ0) is 12.4. The molecule has 1 amide bonds. The van der Waals surface area contributed by atoms with E-state index < -0.39 is 0 Å². The number of carbonyl (C=O) groups excluding carboxylic acids is 1. The number of likely N-dealkylation sites (N-methyl/N-ethyl adjacent to an activating group) is 1. The molecule has 1 heterocycles. The minimum Gasteiger partial charge on any atom is -0.338 e. The molecule has 1 fully saturated rings. The van der Waals surface area contributed by atoms with Crippen LogP contribution in [-0.4, -0.2) is 32.9 Å². The van der Waals surface area contributed by atoms with Gasteiger partial charge in [0.1, 0.15) is 12.4 Å². The SMILES string of the molecule is CCN(C(=O)Cn1ccnc1C(C)C)C1CC1. The number of aromatic nitrogens is 2. The second-order valence-electron chi connectivity index (χ2n) is 4.98. The first-order valence-electron chi connectivity index (χ1n) is 6.44. The van der Waals surface area contributed by atoms with E-state index >= 15 is 0 Å². The molecule has 94 valence electrons. The zero-order valence-electron chi connectivity index (χ0n) is 10.9. The summed E-state index contributed by atoms with van der Waals surface area (Å²) in [6.07, 6.45) is 6.01. The molecule has 0 N–H and O–H groups in total. The Morgan fingerprint density at radius 2 is 2.29 bits per heavy atom. The first-order chi connectivity index (χ1) is 8.13. The van der Waals surface area contributed by atoms with Gasteiger partial charge in [0.25, 0.3) is 0 Å². The van der Waals surface area contributed by atoms with Gasteiger partial charge >= 0.3 is 0 Å². The van der Waals surface area contributed by atoms with Crippen LogP contribution in [0.1, 0.15) is 45.4 Å². The summed E-state index contributed by atoms with van der Waals surface area (Å²) in [7, 11) is 0. The normalized spacial score (nSPS) is 15.3. The van der Waals surface area contributed by atoms with Gasteiger partial charge in [-0.05, 0) is 19.8 Å². The maximum Gasteiger partial charge on any atom is 0.242 e. The van der Waals surface area contributed by atoms with E-state index in [2.05, 4.69) is 18.8 Å². The van der Waals surface area contributed by atoms with Crippen molar-refractivity contribution in [3.05, 3.63) is 18.2 Å². The van der Waals surface area contributed by atoms with Gasteiger partial charge in [0.15, 0.2) is 0 Å². The van der Waals surface area contributed by atoms with E-state index in [1.165, 1.54) is 12.8 Å². The van der Waals surface area contributed by atoms with Crippen molar-refractivity contribution in [2.75, 3.05) is 6.54 Å². The molecule has 1 saturated carbocycles. The Morgan fingerprint density at radius 3 is 2.82 bits per heavy atom. The number of rotatable bonds is 5. The van der Waals surface area contributed by atoms with Crippen LogP contribution in [0.4, 0.5) is 0 Å². The number of hydrogen-bond acceptors (Lipinski definition) is 2. The summed E-state index contributed by atoms with van der Waals surface area (Å²) >= 11 is 0. The minimum atomic E-state index is 0.218. The Morgan fingerprint density at radius 1 is 1.59 bits per heavy atom. The number of amides is 1. The molecular weight excluding hydrogens is 214 g/mol. The Bertz CT molecular complexity index is 393. The maximum absolute atomic E-state index is 12.2. The molecule has 4 heteroatoms. The largest absolute Gasteiger partial charge is 0.338 e. The highest BCUT2D eigenvalue weighted by Crippen LogP contribution is 2.26. The molecule has 4 nitrogen and oxygen atoms in total. The van der Waals surface area contributed by atoms with Gasteiger partial charge in [-0.3, -0.25) is 4.79 Å². The predicted molar refractivity (Wildman–Crippen MR) is 66.7 cm³/mol. The predicted octanol–water partition coefficient (Wildman–Crippen LogP) is 2.02. The third-order valence-corrected chi connectivity index (χ3v) is 3.22. The summed E-state index contributed by atoms with van der Waals surface area (Å²) in [5.74, 6) is 1.56. The van der Waals surface area contributed by atoms with Crippen molar-refractivity contribution in [2.24, 2.45) is 0 Å². The number of carbonyl (C=O) groups is 1. The van der Waals surface area contributed by atoms with Crippen LogP contribution in [0.3, 0.4) is 0 Å². The summed E-state index contributed by atoms with van der Waals surface area (Å²) in [5.41, 5.74) is 0. The van der Waals surface area contributed by atoms with Gasteiger partial charge in [-0.25, -0.2) is 4.98 Å². The van der Waals surface area contributed by atoms with Gasteiger partial charge in [0.2, 0.25) is 5.91 Å². The summed E-state index contributed by atoms with van der Waals surface area (Å²) in [5, 5.41) is 0. The maximum atomic E-state index is 12.2. The van der Waals surface area contributed by atoms with E-state index in [0.717, 1.165) is 12.4 Å². The molecule has 1 aliphatic rings. The summed E-state index contributed by atoms with van der Waals surface area (Å²) in [6.45, 7) is 7.49. The molecule has 0 radical (unpaired) electrons. The Hall–Kier alpha value is -1.32. The van der Waals surface area contributed by atoms with Crippen molar-refractivity contribution in [1.82, 2.24) is 14.5 Å². The zero-order valence-corrected chi connectivity index (χ0v) is 10.9. The van der Waals surface area contributed by atoms with E-state index in [4.69, 9.17) is 0 Å². The van der Waals surface area contributed by atoms with Crippen LogP contribution in [-0.2, 0) is 11.3 Å². The topological polar surface area (TPSA) is 38.1 Å². The van der Waals surface area contributed by atoms with Gasteiger partial charge in [-0.15, -0.1) is 0 Å². The lowest BCUT2D eigenvalue weighted by atomic mass is 10.2. The van der Waals surface area contributed by atoms with Crippen molar-refractivity contribution < 1.29 is 4.79 Å². The Kier molecular flexibility index (Phi) is 3.50. The smallest absolute Gasteiger partial charge is 0.242 e. The second kappa shape index (κ2) is 4.90. The van der Waals surface area contributed by atoms with Crippen LogP contribution in [0, 0.1) is 0 Å². The third-order valence-electron chi connectivity index (χ3n) is 3.22. The molecule has 17 heavy (non-hydrogen) atoms. The molecule has 0 aromatic carbocycles. The van der Waals surface area contributed by atoms with Crippen molar-refractivity contribution in [1.29, 1.82) is 0 Å². The van der Waals surface area contributed by atoms with E-state index in [1.54, 1.807) is 6.20 Å². The first kappa shape index (κ1) is 12.1. The van der Waals surface area contributed by atoms with Crippen molar-refractivity contribution in [3.8, 4) is 0 Å². The highest BCUT2D eigenvalue weighted by atomic mass is 16.2. The standard InChI is InChI=1S/C13H21N3O/c1-4-16(11-5-6-11)12(17)9-15-8-7-14-13(15)10(2)3/h7-8,10-11H,4-6,9H2,1-3H3. The number of imidazole rings is 1. The third kappa shape index (κ3) is 2.68. The fourth-order valence-corrected chi connectivity index (χ4v) is 2.22. The molecular formula is C13H21N3O. The fourth-order valence-electron chi connectivity index (χ4n) is 2.22. The van der Waals surface area contributed by atoms with Gasteiger partial charge in [0, 0.05) is 30.9 Å². The van der Waals surface area contributed by atoms with Gasteiger partial charge in [-0.2, -0.15) is 0 Å². The van der Waals surface area contributed by atoms with E-state index in [0.29, 0.717) is 18.5 Å². The molecule has 0 bridgehead atoms. The van der Waals surface area contributed by atoms with Gasteiger partial charge < -0.3 is 9.47 Å². The van der Waals surface area contributed by atoms with Gasteiger partial charge in [0.05, 0.1) is 0 Å². The van der Waals surface area contributed by atoms with E-state index in [9.17, 15) is 4.79 Å². The van der Waals surface area contributed by atoms with E-state index in [1.807, 2.05) is 22.6 Å². The monoisotopic (exact) mass is 235 g/mol. The van der Waals surface area contributed by atoms with Gasteiger partial charge in [-0.1, -0.05) is 13.8 Å². The van der Waals surface area contributed by atoms with Crippen LogP contribution in [0.15, 0.2) is 12.4 Å². The highest BCUT2D eigenvalue weighted by Gasteiger charge is 2.31. The van der Waals surface area contributed by atoms with Crippen LogP contribution >= 0.6 is 0 Å². The lowest BCUT2D eigenvalue weighted by molar-refractivity contribution is -0.132. The number of hydrogen-bond donors (Lipinski definition) is 0. The molecule has 0 aliphatic heterocycles. The van der Waals surface area contributed by atoms with Crippen LogP contribution in [0.5, 0.6) is 0 Å². The summed E-state index contributed by atoms with van der Waals surface area (Å²) in [6, 6.07) is 0.499. The Balaban J connectivity index is 2.04. The minimum absolute atomic E-state index is 0.218. The summed E-state index contributed by atoms with van der Waals surface area (Å²) < 4.78 is 1.97. The molecule has 0 unspecified atom stereocenters. The first-order valence-corrected chi connectivity index (χ1v) is 6.44. The quantitative estimate of drug-likeness (QED) is 0.783. The summed E-state index contributed by atoms with van der Waals surface area (Å²) in [4.78, 5) is 18.5. The fraction of sp³-hybridized carbons (Fsp3) is 0.692. The highest BCUT2D eigenvalue weighted by molar-refractivity contribution is 5.76. The average molecular weight is 235 g/mol. The lowest BCUT2D eigenvalue weighted by Crippen LogP contribution is -2.35. The molecule has 0 saturated heterocycles.